The Morgan fingerprint density at radius 2 is 1.57 bits per heavy atom. The van der Waals surface area contributed by atoms with Gasteiger partial charge in [0.1, 0.15) is 0 Å². The Kier molecular flexibility index (Phi) is 4.89. The zero-order valence-electron chi connectivity index (χ0n) is 12.9. The van der Waals surface area contributed by atoms with Gasteiger partial charge >= 0.3 is 0 Å². The first-order valence-electron chi connectivity index (χ1n) is 6.35. The summed E-state index contributed by atoms with van der Waals surface area (Å²) in [6.45, 7) is 6.58. The molecule has 0 bridgehead atoms. The number of nitrogens with two attached hydrogens (primary N) is 1. The van der Waals surface area contributed by atoms with Crippen molar-refractivity contribution in [3.63, 3.8) is 0 Å². The zero-order chi connectivity index (χ0) is 16.6. The number of nitrogens with one attached hydrogen (secondary N) is 1. The molecule has 1 rings (SSSR count). The lowest BCUT2D eigenvalue weighted by Gasteiger charge is -2.25. The Balaban J connectivity index is 3.55. The molecule has 8 heteroatoms. The highest BCUT2D eigenvalue weighted by molar-refractivity contribution is 7.91. The zero-order valence-corrected chi connectivity index (χ0v) is 14.5. The predicted octanol–water partition coefficient (Wildman–Crippen LogP) is 0.723. The number of sulfonamides is 1. The van der Waals surface area contributed by atoms with Crippen LogP contribution in [-0.2, 0) is 19.9 Å². The number of sulfone groups is 1. The van der Waals surface area contributed by atoms with E-state index in [9.17, 15) is 16.8 Å². The van der Waals surface area contributed by atoms with E-state index in [1.807, 2.05) is 0 Å². The van der Waals surface area contributed by atoms with Crippen molar-refractivity contribution in [2.75, 3.05) is 12.8 Å². The quantitative estimate of drug-likeness (QED) is 0.825. The third-order valence-electron chi connectivity index (χ3n) is 3.07. The van der Waals surface area contributed by atoms with Gasteiger partial charge in [-0.2, -0.15) is 0 Å². The summed E-state index contributed by atoms with van der Waals surface area (Å²) >= 11 is 0. The molecule has 120 valence electrons. The lowest BCUT2D eigenvalue weighted by atomic mass is 10.1. The molecule has 0 amide bonds. The minimum absolute atomic E-state index is 0.0217. The molecule has 0 radical (unpaired) electrons. The first-order valence-corrected chi connectivity index (χ1v) is 9.73. The summed E-state index contributed by atoms with van der Waals surface area (Å²) < 4.78 is 51.1. The summed E-state index contributed by atoms with van der Waals surface area (Å²) in [7, 11) is -7.37. The molecule has 1 aromatic rings. The van der Waals surface area contributed by atoms with E-state index in [-0.39, 0.29) is 21.9 Å². The van der Waals surface area contributed by atoms with Crippen LogP contribution in [0.4, 0.5) is 0 Å². The molecule has 0 aliphatic rings. The van der Waals surface area contributed by atoms with Crippen molar-refractivity contribution in [3.05, 3.63) is 23.3 Å². The van der Waals surface area contributed by atoms with E-state index in [2.05, 4.69) is 4.72 Å². The third kappa shape index (κ3) is 4.26. The van der Waals surface area contributed by atoms with Gasteiger partial charge in [0, 0.05) is 18.3 Å². The molecule has 1 aromatic carbocycles. The van der Waals surface area contributed by atoms with Crippen LogP contribution < -0.4 is 10.5 Å². The Bertz CT molecular complexity index is 751. The van der Waals surface area contributed by atoms with E-state index < -0.39 is 25.4 Å². The van der Waals surface area contributed by atoms with Crippen molar-refractivity contribution < 1.29 is 16.8 Å². The van der Waals surface area contributed by atoms with Crippen LogP contribution in [0.2, 0.25) is 0 Å². The lowest BCUT2D eigenvalue weighted by molar-refractivity contribution is 0.462. The summed E-state index contributed by atoms with van der Waals surface area (Å²) in [6.07, 6.45) is 1.06. The van der Waals surface area contributed by atoms with E-state index in [4.69, 9.17) is 5.73 Å². The van der Waals surface area contributed by atoms with Crippen LogP contribution in [-0.4, -0.2) is 35.2 Å². The van der Waals surface area contributed by atoms with Crippen molar-refractivity contribution in [2.45, 2.75) is 43.0 Å². The standard InChI is InChI=1S/C13H22N2O4S2/c1-9-6-11(20(5,16)17)10(2)12(7-9)21(18,19)15-13(3,4)8-14/h6-7,15H,8,14H2,1-5H3. The first-order chi connectivity index (χ1) is 9.30. The Morgan fingerprint density at radius 1 is 1.10 bits per heavy atom. The van der Waals surface area contributed by atoms with E-state index in [1.54, 1.807) is 20.8 Å². The van der Waals surface area contributed by atoms with Gasteiger partial charge in [-0.15, -0.1) is 0 Å². The average Bonchev–Trinajstić information content (AvgIpc) is 2.29. The van der Waals surface area contributed by atoms with Gasteiger partial charge in [-0.3, -0.25) is 0 Å². The minimum Gasteiger partial charge on any atom is -0.329 e. The molecule has 0 atom stereocenters. The summed E-state index contributed by atoms with van der Waals surface area (Å²) in [5.74, 6) is 0. The number of rotatable bonds is 5. The van der Waals surface area contributed by atoms with E-state index in [0.717, 1.165) is 6.26 Å². The Hall–Kier alpha value is -0.960. The lowest BCUT2D eigenvalue weighted by Crippen LogP contribution is -2.48. The normalized spacial score (nSPS) is 13.4. The highest BCUT2D eigenvalue weighted by Crippen LogP contribution is 2.25. The highest BCUT2D eigenvalue weighted by Gasteiger charge is 2.28. The average molecular weight is 334 g/mol. The molecule has 0 aromatic heterocycles. The fourth-order valence-electron chi connectivity index (χ4n) is 1.92. The molecular formula is C13H22N2O4S2. The fourth-order valence-corrected chi connectivity index (χ4v) is 4.82. The monoisotopic (exact) mass is 334 g/mol. The van der Waals surface area contributed by atoms with Gasteiger partial charge in [0.15, 0.2) is 9.84 Å². The molecule has 0 aliphatic heterocycles. The Labute approximate surface area is 126 Å². The van der Waals surface area contributed by atoms with E-state index in [1.165, 1.54) is 19.1 Å². The molecule has 0 fully saturated rings. The second-order valence-corrected chi connectivity index (χ2v) is 9.49. The van der Waals surface area contributed by atoms with Crippen molar-refractivity contribution in [2.24, 2.45) is 5.73 Å². The van der Waals surface area contributed by atoms with Gasteiger partial charge in [-0.25, -0.2) is 21.6 Å². The van der Waals surface area contributed by atoms with Gasteiger partial charge in [0.25, 0.3) is 0 Å². The van der Waals surface area contributed by atoms with Crippen LogP contribution >= 0.6 is 0 Å². The minimum atomic E-state index is -3.86. The summed E-state index contributed by atoms with van der Waals surface area (Å²) in [5.41, 5.74) is 5.49. The van der Waals surface area contributed by atoms with E-state index >= 15 is 0 Å². The largest absolute Gasteiger partial charge is 0.329 e. The second-order valence-electron chi connectivity index (χ2n) is 5.85. The summed E-state index contributed by atoms with van der Waals surface area (Å²) in [5, 5.41) is 0. The van der Waals surface area contributed by atoms with Crippen LogP contribution in [0.25, 0.3) is 0 Å². The predicted molar refractivity (Wildman–Crippen MR) is 82.5 cm³/mol. The van der Waals surface area contributed by atoms with E-state index in [0.29, 0.717) is 5.56 Å². The molecule has 21 heavy (non-hydrogen) atoms. The smallest absolute Gasteiger partial charge is 0.241 e. The molecule has 0 saturated heterocycles. The van der Waals surface area contributed by atoms with Gasteiger partial charge in [-0.1, -0.05) is 0 Å². The van der Waals surface area contributed by atoms with Gasteiger partial charge in [-0.05, 0) is 51.0 Å². The molecule has 6 nitrogen and oxygen atoms in total. The maximum atomic E-state index is 12.5. The second kappa shape index (κ2) is 5.68. The third-order valence-corrected chi connectivity index (χ3v) is 6.11. The van der Waals surface area contributed by atoms with Crippen molar-refractivity contribution in [3.8, 4) is 0 Å². The molecule has 0 saturated carbocycles. The SMILES string of the molecule is Cc1cc(S(C)(=O)=O)c(C)c(S(=O)(=O)NC(C)(C)CN)c1. The number of hydrogen-bond acceptors (Lipinski definition) is 5. The van der Waals surface area contributed by atoms with Crippen LogP contribution in [0.3, 0.4) is 0 Å². The summed E-state index contributed by atoms with van der Waals surface area (Å²) in [6, 6.07) is 2.93. The van der Waals surface area contributed by atoms with Gasteiger partial charge in [0.2, 0.25) is 10.0 Å². The van der Waals surface area contributed by atoms with Crippen LogP contribution in [0.1, 0.15) is 25.0 Å². The van der Waals surface area contributed by atoms with Gasteiger partial charge in [0.05, 0.1) is 9.79 Å². The Morgan fingerprint density at radius 3 is 2.00 bits per heavy atom. The van der Waals surface area contributed by atoms with Gasteiger partial charge < -0.3 is 5.73 Å². The number of hydrogen-bond donors (Lipinski definition) is 2. The number of benzene rings is 1. The first kappa shape index (κ1) is 18.1. The van der Waals surface area contributed by atoms with Crippen LogP contribution in [0, 0.1) is 13.8 Å². The fraction of sp³-hybridized carbons (Fsp3) is 0.538. The van der Waals surface area contributed by atoms with Crippen LogP contribution in [0.5, 0.6) is 0 Å². The van der Waals surface area contributed by atoms with Crippen LogP contribution in [0.15, 0.2) is 21.9 Å². The summed E-state index contributed by atoms with van der Waals surface area (Å²) in [4.78, 5) is -0.0159. The van der Waals surface area contributed by atoms with Crippen molar-refractivity contribution in [1.29, 1.82) is 0 Å². The molecule has 0 spiro atoms. The molecule has 0 aliphatic carbocycles. The molecule has 3 N–H and O–H groups in total. The molecule has 0 unspecified atom stereocenters. The number of aryl methyl sites for hydroxylation is 1. The van der Waals surface area contributed by atoms with Crippen molar-refractivity contribution >= 4 is 19.9 Å². The maximum absolute atomic E-state index is 12.5. The highest BCUT2D eigenvalue weighted by atomic mass is 32.2. The topological polar surface area (TPSA) is 106 Å². The van der Waals surface area contributed by atoms with Crippen molar-refractivity contribution in [1.82, 2.24) is 4.72 Å². The molecular weight excluding hydrogens is 312 g/mol. The maximum Gasteiger partial charge on any atom is 0.241 e. The molecule has 0 heterocycles.